The summed E-state index contributed by atoms with van der Waals surface area (Å²) in [6.07, 6.45) is 1.09. The van der Waals surface area contributed by atoms with Gasteiger partial charge in [0.1, 0.15) is 5.75 Å². The molecule has 142 valence electrons. The average Bonchev–Trinajstić information content (AvgIpc) is 2.63. The molecule has 0 saturated heterocycles. The number of amides is 1. The summed E-state index contributed by atoms with van der Waals surface area (Å²) < 4.78 is 10.3. The highest BCUT2D eigenvalue weighted by Gasteiger charge is 2.23. The number of hydrogen-bond donors (Lipinski definition) is 2. The van der Waals surface area contributed by atoms with E-state index in [1.54, 1.807) is 6.07 Å². The Bertz CT molecular complexity index is 895. The maximum atomic E-state index is 11.9. The third-order valence-corrected chi connectivity index (χ3v) is 3.84. The van der Waals surface area contributed by atoms with Crippen molar-refractivity contribution in [3.63, 3.8) is 0 Å². The number of hydrazone groups is 1. The van der Waals surface area contributed by atoms with Gasteiger partial charge in [-0.15, -0.1) is 0 Å². The minimum absolute atomic E-state index is 0.0606. The normalized spacial score (nSPS) is 10.6. The Hall–Kier alpha value is -3.62. The lowest BCUT2D eigenvalue weighted by atomic mass is 10.1. The van der Waals surface area contributed by atoms with Crippen molar-refractivity contribution in [1.29, 1.82) is 0 Å². The van der Waals surface area contributed by atoms with E-state index in [2.05, 4.69) is 10.5 Å². The smallest absolute Gasteiger partial charge is 0.323 e. The van der Waals surface area contributed by atoms with Gasteiger partial charge in [-0.05, 0) is 43.2 Å². The predicted molar refractivity (Wildman–Crippen MR) is 98.5 cm³/mol. The van der Waals surface area contributed by atoms with Gasteiger partial charge in [0.2, 0.25) is 5.75 Å². The summed E-state index contributed by atoms with van der Waals surface area (Å²) in [5.74, 6) is -0.588. The predicted octanol–water partition coefficient (Wildman–Crippen LogP) is 2.45. The van der Waals surface area contributed by atoms with E-state index in [1.807, 2.05) is 26.0 Å². The molecule has 2 aromatic rings. The summed E-state index contributed by atoms with van der Waals surface area (Å²) in [5, 5.41) is 24.5. The summed E-state index contributed by atoms with van der Waals surface area (Å²) in [4.78, 5) is 22.4. The number of carbonyl (C=O) groups excluding carboxylic acids is 1. The number of phenolic OH excluding ortho intramolecular Hbond substituents is 1. The summed E-state index contributed by atoms with van der Waals surface area (Å²) in [7, 11) is 1.20. The first-order valence-corrected chi connectivity index (χ1v) is 7.90. The maximum Gasteiger partial charge on any atom is 0.323 e. The molecule has 0 bridgehead atoms. The lowest BCUT2D eigenvalue weighted by Gasteiger charge is -2.09. The van der Waals surface area contributed by atoms with Gasteiger partial charge in [0.25, 0.3) is 5.91 Å². The molecular formula is C18H19N3O6. The fourth-order valence-electron chi connectivity index (χ4n) is 2.30. The summed E-state index contributed by atoms with van der Waals surface area (Å²) in [6, 6.07) is 8.04. The van der Waals surface area contributed by atoms with Gasteiger partial charge in [-0.3, -0.25) is 14.9 Å². The lowest BCUT2D eigenvalue weighted by molar-refractivity contribution is -0.386. The van der Waals surface area contributed by atoms with E-state index < -0.39 is 16.5 Å². The molecular weight excluding hydrogens is 354 g/mol. The van der Waals surface area contributed by atoms with Crippen LogP contribution >= 0.6 is 0 Å². The van der Waals surface area contributed by atoms with Crippen LogP contribution in [0, 0.1) is 24.0 Å². The van der Waals surface area contributed by atoms with Crippen LogP contribution in [0.3, 0.4) is 0 Å². The van der Waals surface area contributed by atoms with Crippen molar-refractivity contribution in [3.8, 4) is 17.2 Å². The Morgan fingerprint density at radius 2 is 2.07 bits per heavy atom. The lowest BCUT2D eigenvalue weighted by Crippen LogP contribution is -2.24. The van der Waals surface area contributed by atoms with Crippen LogP contribution in [-0.4, -0.2) is 35.9 Å². The zero-order valence-electron chi connectivity index (χ0n) is 15.1. The number of benzene rings is 2. The Morgan fingerprint density at radius 1 is 1.33 bits per heavy atom. The Morgan fingerprint density at radius 3 is 2.74 bits per heavy atom. The monoisotopic (exact) mass is 373 g/mol. The number of nitro benzene ring substituents is 1. The van der Waals surface area contributed by atoms with Crippen molar-refractivity contribution >= 4 is 17.8 Å². The SMILES string of the molecule is COc1c(O)ccc(/C=N/NC(=O)COc2cccc(C)c2C)c1[N+](=O)[O-]. The molecule has 0 heterocycles. The molecule has 9 heteroatoms. The number of phenols is 1. The zero-order valence-corrected chi connectivity index (χ0v) is 15.1. The first-order valence-electron chi connectivity index (χ1n) is 7.90. The molecule has 27 heavy (non-hydrogen) atoms. The molecule has 0 aliphatic rings. The first-order chi connectivity index (χ1) is 12.8. The summed E-state index contributed by atoms with van der Waals surface area (Å²) in [6.45, 7) is 3.56. The molecule has 0 radical (unpaired) electrons. The van der Waals surface area contributed by atoms with Gasteiger partial charge in [0, 0.05) is 0 Å². The number of aryl methyl sites for hydroxylation is 1. The molecule has 0 unspecified atom stereocenters. The molecule has 2 rings (SSSR count). The standard InChI is InChI=1S/C18H19N3O6/c1-11-5-4-6-15(12(11)2)27-10-16(23)20-19-9-13-7-8-14(22)18(26-3)17(13)21(24)25/h4-9,22H,10H2,1-3H3,(H,20,23)/b19-9+. The largest absolute Gasteiger partial charge is 0.504 e. The number of hydrogen-bond acceptors (Lipinski definition) is 7. The topological polar surface area (TPSA) is 123 Å². The van der Waals surface area contributed by atoms with E-state index in [-0.39, 0.29) is 23.7 Å². The molecule has 0 aliphatic heterocycles. The Labute approximate surface area is 155 Å². The molecule has 0 spiro atoms. The molecule has 0 atom stereocenters. The van der Waals surface area contributed by atoms with Gasteiger partial charge in [0.15, 0.2) is 12.4 Å². The molecule has 1 amide bonds. The third-order valence-electron chi connectivity index (χ3n) is 3.84. The first kappa shape index (κ1) is 19.7. The molecule has 0 aliphatic carbocycles. The van der Waals surface area contributed by atoms with Gasteiger partial charge in [-0.1, -0.05) is 12.1 Å². The van der Waals surface area contributed by atoms with Crippen LogP contribution in [0.5, 0.6) is 17.2 Å². The van der Waals surface area contributed by atoms with Crippen LogP contribution in [0.25, 0.3) is 0 Å². The minimum Gasteiger partial charge on any atom is -0.504 e. The number of rotatable bonds is 7. The number of nitrogens with one attached hydrogen (secondary N) is 1. The zero-order chi connectivity index (χ0) is 20.0. The van der Waals surface area contributed by atoms with Crippen LogP contribution in [0.15, 0.2) is 35.4 Å². The van der Waals surface area contributed by atoms with E-state index in [0.29, 0.717) is 5.75 Å². The van der Waals surface area contributed by atoms with Crippen LogP contribution in [0.2, 0.25) is 0 Å². The fraction of sp³-hybridized carbons (Fsp3) is 0.222. The summed E-state index contributed by atoms with van der Waals surface area (Å²) in [5.41, 5.74) is 3.81. The second-order valence-electron chi connectivity index (χ2n) is 5.59. The fourth-order valence-corrected chi connectivity index (χ4v) is 2.30. The van der Waals surface area contributed by atoms with Crippen molar-refractivity contribution in [2.24, 2.45) is 5.10 Å². The van der Waals surface area contributed by atoms with Gasteiger partial charge < -0.3 is 14.6 Å². The van der Waals surface area contributed by atoms with Crippen molar-refractivity contribution in [3.05, 3.63) is 57.1 Å². The number of ether oxygens (including phenoxy) is 2. The van der Waals surface area contributed by atoms with E-state index in [4.69, 9.17) is 9.47 Å². The van der Waals surface area contributed by atoms with E-state index in [9.17, 15) is 20.0 Å². The highest BCUT2D eigenvalue weighted by Crippen LogP contribution is 2.37. The number of nitrogens with zero attached hydrogens (tertiary/aromatic N) is 2. The molecule has 0 aromatic heterocycles. The number of aromatic hydroxyl groups is 1. The van der Waals surface area contributed by atoms with Crippen LogP contribution in [0.4, 0.5) is 5.69 Å². The Balaban J connectivity index is 2.04. The van der Waals surface area contributed by atoms with Crippen molar-refractivity contribution in [2.75, 3.05) is 13.7 Å². The van der Waals surface area contributed by atoms with E-state index >= 15 is 0 Å². The van der Waals surface area contributed by atoms with E-state index in [1.165, 1.54) is 19.2 Å². The Kier molecular flexibility index (Phi) is 6.32. The quantitative estimate of drug-likeness (QED) is 0.436. The van der Waals surface area contributed by atoms with Gasteiger partial charge in [-0.25, -0.2) is 5.43 Å². The summed E-state index contributed by atoms with van der Waals surface area (Å²) >= 11 is 0. The highest BCUT2D eigenvalue weighted by molar-refractivity contribution is 5.89. The third kappa shape index (κ3) is 4.72. The van der Waals surface area contributed by atoms with Crippen molar-refractivity contribution in [2.45, 2.75) is 13.8 Å². The van der Waals surface area contributed by atoms with Crippen LogP contribution in [-0.2, 0) is 4.79 Å². The highest BCUT2D eigenvalue weighted by atomic mass is 16.6. The average molecular weight is 373 g/mol. The molecule has 2 aromatic carbocycles. The van der Waals surface area contributed by atoms with E-state index in [0.717, 1.165) is 17.3 Å². The van der Waals surface area contributed by atoms with Crippen LogP contribution in [0.1, 0.15) is 16.7 Å². The van der Waals surface area contributed by atoms with Crippen molar-refractivity contribution < 1.29 is 24.3 Å². The van der Waals surface area contributed by atoms with Crippen LogP contribution < -0.4 is 14.9 Å². The van der Waals surface area contributed by atoms with Gasteiger partial charge >= 0.3 is 5.69 Å². The molecule has 2 N–H and O–H groups in total. The number of nitro groups is 1. The second-order valence-corrected chi connectivity index (χ2v) is 5.59. The second kappa shape index (κ2) is 8.65. The van der Waals surface area contributed by atoms with Gasteiger partial charge in [-0.2, -0.15) is 5.10 Å². The molecule has 9 nitrogen and oxygen atoms in total. The number of methoxy groups -OCH3 is 1. The molecule has 0 fully saturated rings. The molecule has 0 saturated carbocycles. The number of carbonyl (C=O) groups is 1. The van der Waals surface area contributed by atoms with Crippen molar-refractivity contribution in [1.82, 2.24) is 5.43 Å². The minimum atomic E-state index is -0.703. The maximum absolute atomic E-state index is 11.9. The van der Waals surface area contributed by atoms with Gasteiger partial charge in [0.05, 0.1) is 23.8 Å².